The Balaban J connectivity index is 1.92. The topological polar surface area (TPSA) is 38.1 Å². The molecule has 0 saturated heterocycles. The second-order valence-corrected chi connectivity index (χ2v) is 4.88. The summed E-state index contributed by atoms with van der Waals surface area (Å²) in [5.41, 5.74) is 2.73. The number of halogens is 1. The molecule has 2 rings (SSSR count). The van der Waals surface area contributed by atoms with Gasteiger partial charge in [-0.2, -0.15) is 0 Å². The lowest BCUT2D eigenvalue weighted by molar-refractivity contribution is 0.391. The zero-order valence-electron chi connectivity index (χ0n) is 11.5. The van der Waals surface area contributed by atoms with E-state index in [1.165, 1.54) is 6.07 Å². The van der Waals surface area contributed by atoms with Crippen molar-refractivity contribution in [1.29, 1.82) is 0 Å². The minimum atomic E-state index is -0.145. The summed E-state index contributed by atoms with van der Waals surface area (Å²) in [6.45, 7) is 6.56. The Kier molecular flexibility index (Phi) is 4.32. The highest BCUT2D eigenvalue weighted by atomic mass is 19.1. The number of aromatic nitrogens is 1. The van der Waals surface area contributed by atoms with Crippen molar-refractivity contribution in [1.82, 2.24) is 10.5 Å². The Morgan fingerprint density at radius 3 is 2.68 bits per heavy atom. The lowest BCUT2D eigenvalue weighted by Crippen LogP contribution is -2.28. The molecule has 4 heteroatoms. The van der Waals surface area contributed by atoms with Crippen molar-refractivity contribution in [3.8, 4) is 0 Å². The van der Waals surface area contributed by atoms with Crippen molar-refractivity contribution >= 4 is 0 Å². The van der Waals surface area contributed by atoms with Crippen molar-refractivity contribution < 1.29 is 8.91 Å². The maximum absolute atomic E-state index is 13.5. The van der Waals surface area contributed by atoms with E-state index in [9.17, 15) is 4.39 Å². The largest absolute Gasteiger partial charge is 0.361 e. The third-order valence-electron chi connectivity index (χ3n) is 3.29. The van der Waals surface area contributed by atoms with E-state index in [0.717, 1.165) is 22.6 Å². The van der Waals surface area contributed by atoms with Crippen LogP contribution in [-0.4, -0.2) is 11.2 Å². The van der Waals surface area contributed by atoms with Gasteiger partial charge in [0, 0.05) is 18.2 Å². The van der Waals surface area contributed by atoms with Gasteiger partial charge in [0.1, 0.15) is 11.6 Å². The molecule has 0 fully saturated rings. The monoisotopic (exact) mass is 262 g/mol. The molecule has 1 aromatic heterocycles. The van der Waals surface area contributed by atoms with Crippen LogP contribution in [0.3, 0.4) is 0 Å². The smallest absolute Gasteiger partial charge is 0.138 e. The van der Waals surface area contributed by atoms with Gasteiger partial charge in [-0.25, -0.2) is 4.39 Å². The van der Waals surface area contributed by atoms with Crippen LogP contribution >= 0.6 is 0 Å². The van der Waals surface area contributed by atoms with Crippen molar-refractivity contribution in [2.24, 2.45) is 0 Å². The predicted octanol–water partition coefficient (Wildman–Crippen LogP) is 3.15. The Morgan fingerprint density at radius 1 is 1.32 bits per heavy atom. The molecule has 19 heavy (non-hydrogen) atoms. The van der Waals surface area contributed by atoms with Gasteiger partial charge in [-0.15, -0.1) is 0 Å². The standard InChI is InChI=1S/C15H19FN2O/c1-10(8-13-6-4-5-7-15(13)16)17-9-14-11(2)18-19-12(14)3/h4-7,10,17H,8-9H2,1-3H3. The Hall–Kier alpha value is -1.68. The first-order valence-electron chi connectivity index (χ1n) is 6.46. The summed E-state index contributed by atoms with van der Waals surface area (Å²) in [5, 5.41) is 7.29. The summed E-state index contributed by atoms with van der Waals surface area (Å²) in [6.07, 6.45) is 0.663. The van der Waals surface area contributed by atoms with E-state index in [2.05, 4.69) is 10.5 Å². The summed E-state index contributed by atoms with van der Waals surface area (Å²) in [6, 6.07) is 7.07. The van der Waals surface area contributed by atoms with Crippen LogP contribution in [0.15, 0.2) is 28.8 Å². The van der Waals surface area contributed by atoms with E-state index in [1.807, 2.05) is 32.9 Å². The van der Waals surface area contributed by atoms with Crippen LogP contribution in [0.4, 0.5) is 4.39 Å². The first-order valence-corrected chi connectivity index (χ1v) is 6.46. The minimum Gasteiger partial charge on any atom is -0.361 e. The lowest BCUT2D eigenvalue weighted by atomic mass is 10.1. The first-order chi connectivity index (χ1) is 9.08. The van der Waals surface area contributed by atoms with Gasteiger partial charge in [0.25, 0.3) is 0 Å². The van der Waals surface area contributed by atoms with Crippen molar-refractivity contribution in [3.05, 3.63) is 52.7 Å². The van der Waals surface area contributed by atoms with Gasteiger partial charge >= 0.3 is 0 Å². The zero-order chi connectivity index (χ0) is 13.8. The maximum atomic E-state index is 13.5. The third kappa shape index (κ3) is 3.41. The van der Waals surface area contributed by atoms with Crippen molar-refractivity contribution in [2.75, 3.05) is 0 Å². The van der Waals surface area contributed by atoms with Crippen LogP contribution in [0.2, 0.25) is 0 Å². The molecule has 1 unspecified atom stereocenters. The number of benzene rings is 1. The van der Waals surface area contributed by atoms with Gasteiger partial charge < -0.3 is 9.84 Å². The molecule has 1 aromatic carbocycles. The molecule has 3 nitrogen and oxygen atoms in total. The van der Waals surface area contributed by atoms with E-state index in [1.54, 1.807) is 6.07 Å². The average Bonchev–Trinajstić information content (AvgIpc) is 2.70. The summed E-state index contributed by atoms with van der Waals surface area (Å²) in [7, 11) is 0. The fraction of sp³-hybridized carbons (Fsp3) is 0.400. The maximum Gasteiger partial charge on any atom is 0.138 e. The second kappa shape index (κ2) is 5.97. The Bertz CT molecular complexity index is 531. The number of nitrogens with one attached hydrogen (secondary N) is 1. The molecular formula is C15H19FN2O. The molecule has 0 amide bonds. The third-order valence-corrected chi connectivity index (χ3v) is 3.29. The second-order valence-electron chi connectivity index (χ2n) is 4.88. The van der Waals surface area contributed by atoms with Gasteiger partial charge in [0.2, 0.25) is 0 Å². The van der Waals surface area contributed by atoms with E-state index < -0.39 is 0 Å². The van der Waals surface area contributed by atoms with Gasteiger partial charge in [-0.3, -0.25) is 0 Å². The molecule has 1 heterocycles. The molecule has 0 aliphatic carbocycles. The molecule has 102 valence electrons. The molecule has 0 aliphatic heterocycles. The quantitative estimate of drug-likeness (QED) is 0.899. The van der Waals surface area contributed by atoms with Crippen LogP contribution in [0.25, 0.3) is 0 Å². The van der Waals surface area contributed by atoms with Gasteiger partial charge in [-0.1, -0.05) is 23.4 Å². The number of rotatable bonds is 5. The summed E-state index contributed by atoms with van der Waals surface area (Å²) in [5.74, 6) is 0.691. The van der Waals surface area contributed by atoms with Crippen LogP contribution in [0, 0.1) is 19.7 Å². The highest BCUT2D eigenvalue weighted by Gasteiger charge is 2.11. The minimum absolute atomic E-state index is 0.145. The normalized spacial score (nSPS) is 12.6. The van der Waals surface area contributed by atoms with E-state index >= 15 is 0 Å². The van der Waals surface area contributed by atoms with Crippen LogP contribution in [0.5, 0.6) is 0 Å². The molecule has 0 aliphatic rings. The summed E-state index contributed by atoms with van der Waals surface area (Å²) >= 11 is 0. The number of aryl methyl sites for hydroxylation is 2. The van der Waals surface area contributed by atoms with Crippen molar-refractivity contribution in [2.45, 2.75) is 39.8 Å². The lowest BCUT2D eigenvalue weighted by Gasteiger charge is -2.14. The van der Waals surface area contributed by atoms with E-state index in [0.29, 0.717) is 13.0 Å². The van der Waals surface area contributed by atoms with Crippen LogP contribution < -0.4 is 5.32 Å². The SMILES string of the molecule is Cc1noc(C)c1CNC(C)Cc1ccccc1F. The number of hydrogen-bond donors (Lipinski definition) is 1. The Morgan fingerprint density at radius 2 is 2.05 bits per heavy atom. The van der Waals surface area contributed by atoms with Crippen molar-refractivity contribution in [3.63, 3.8) is 0 Å². The highest BCUT2D eigenvalue weighted by Crippen LogP contribution is 2.13. The first kappa shape index (κ1) is 13.7. The number of nitrogens with zero attached hydrogens (tertiary/aromatic N) is 1. The van der Waals surface area contributed by atoms with Crippen LogP contribution in [0.1, 0.15) is 29.5 Å². The summed E-state index contributed by atoms with van der Waals surface area (Å²) in [4.78, 5) is 0. The van der Waals surface area contributed by atoms with Crippen LogP contribution in [-0.2, 0) is 13.0 Å². The molecule has 0 radical (unpaired) electrons. The van der Waals surface area contributed by atoms with E-state index in [4.69, 9.17) is 4.52 Å². The fourth-order valence-electron chi connectivity index (χ4n) is 2.10. The van der Waals surface area contributed by atoms with E-state index in [-0.39, 0.29) is 11.9 Å². The molecule has 0 bridgehead atoms. The molecular weight excluding hydrogens is 243 g/mol. The molecule has 0 spiro atoms. The molecule has 0 saturated carbocycles. The Labute approximate surface area is 112 Å². The molecule has 1 N–H and O–H groups in total. The molecule has 2 aromatic rings. The number of hydrogen-bond acceptors (Lipinski definition) is 3. The van der Waals surface area contributed by atoms with Gasteiger partial charge in [0.05, 0.1) is 5.69 Å². The zero-order valence-corrected chi connectivity index (χ0v) is 11.5. The fourth-order valence-corrected chi connectivity index (χ4v) is 2.10. The highest BCUT2D eigenvalue weighted by molar-refractivity contribution is 5.21. The average molecular weight is 262 g/mol. The predicted molar refractivity (Wildman–Crippen MR) is 72.4 cm³/mol. The van der Waals surface area contributed by atoms with Gasteiger partial charge in [0.15, 0.2) is 0 Å². The molecule has 1 atom stereocenters. The van der Waals surface area contributed by atoms with Gasteiger partial charge in [-0.05, 0) is 38.8 Å². The summed E-state index contributed by atoms with van der Waals surface area (Å²) < 4.78 is 18.7.